The zero-order chi connectivity index (χ0) is 25.4. The Balaban J connectivity index is 1.74. The number of hydrogen-bond acceptors (Lipinski definition) is 6. The van der Waals surface area contributed by atoms with Crippen LogP contribution >= 0.6 is 23.4 Å². The van der Waals surface area contributed by atoms with Gasteiger partial charge < -0.3 is 19.9 Å². The number of ether oxygens (including phenoxy) is 1. The van der Waals surface area contributed by atoms with Crippen molar-refractivity contribution in [1.82, 2.24) is 20.1 Å². The van der Waals surface area contributed by atoms with E-state index in [1.807, 2.05) is 18.4 Å². The van der Waals surface area contributed by atoms with E-state index in [1.54, 1.807) is 61.7 Å². The molecule has 1 atom stereocenters. The van der Waals surface area contributed by atoms with Crippen LogP contribution in [0, 0.1) is 5.92 Å². The van der Waals surface area contributed by atoms with Crippen molar-refractivity contribution in [2.75, 3.05) is 18.2 Å². The van der Waals surface area contributed by atoms with Crippen LogP contribution in [0.2, 0.25) is 5.02 Å². The quantitative estimate of drug-likeness (QED) is 0.277. The largest absolute Gasteiger partial charge is 0.497 e. The Bertz CT molecular complexity index is 1180. The molecule has 0 aliphatic rings. The average molecular weight is 514 g/mol. The maximum atomic E-state index is 12.9. The number of nitrogens with one attached hydrogen (secondary N) is 2. The Morgan fingerprint density at radius 1 is 1.17 bits per heavy atom. The molecule has 2 N–H and O–H groups in total. The summed E-state index contributed by atoms with van der Waals surface area (Å²) in [6.45, 7) is 8.23. The van der Waals surface area contributed by atoms with Gasteiger partial charge in [0.25, 0.3) is 5.91 Å². The van der Waals surface area contributed by atoms with Crippen LogP contribution in [0.4, 0.5) is 5.69 Å². The molecule has 0 unspecified atom stereocenters. The smallest absolute Gasteiger partial charge is 0.253 e. The van der Waals surface area contributed by atoms with E-state index in [9.17, 15) is 9.59 Å². The van der Waals surface area contributed by atoms with Gasteiger partial charge in [-0.05, 0) is 42.3 Å². The van der Waals surface area contributed by atoms with Crippen molar-refractivity contribution >= 4 is 40.9 Å². The van der Waals surface area contributed by atoms with Gasteiger partial charge in [0.1, 0.15) is 5.75 Å². The number of halogens is 1. The molecule has 0 fully saturated rings. The third-order valence-electron chi connectivity index (χ3n) is 5.11. The molecule has 0 saturated heterocycles. The highest BCUT2D eigenvalue weighted by molar-refractivity contribution is 7.99. The standard InChI is InChI=1S/C25H28ClN5O3S/c1-5-14-31-23(22(16(2)3)28-24(33)19-8-6-7-9-20(19)26)29-30-25(31)35-15-21(32)27-17-10-12-18(34-4)13-11-17/h5-13,16,22H,1,14-15H2,2-4H3,(H,27,32)(H,28,33)/t22-/m0/s1. The monoisotopic (exact) mass is 513 g/mol. The molecule has 10 heteroatoms. The zero-order valence-electron chi connectivity index (χ0n) is 19.8. The molecule has 184 valence electrons. The molecule has 0 aliphatic carbocycles. The van der Waals surface area contributed by atoms with Gasteiger partial charge >= 0.3 is 0 Å². The normalized spacial score (nSPS) is 11.7. The minimum absolute atomic E-state index is 0.0189. The summed E-state index contributed by atoms with van der Waals surface area (Å²) in [5, 5.41) is 15.5. The first kappa shape index (κ1) is 26.3. The molecule has 2 amide bonds. The molecule has 3 rings (SSSR count). The molecule has 0 spiro atoms. The first-order valence-corrected chi connectivity index (χ1v) is 12.4. The van der Waals surface area contributed by atoms with Crippen LogP contribution in [0.5, 0.6) is 5.75 Å². The number of aromatic nitrogens is 3. The summed E-state index contributed by atoms with van der Waals surface area (Å²) in [4.78, 5) is 25.4. The third kappa shape index (κ3) is 6.86. The van der Waals surface area contributed by atoms with E-state index in [0.29, 0.717) is 39.5 Å². The molecule has 3 aromatic rings. The number of hydrogen-bond donors (Lipinski definition) is 2. The van der Waals surface area contributed by atoms with Gasteiger partial charge in [0.15, 0.2) is 11.0 Å². The van der Waals surface area contributed by atoms with Gasteiger partial charge in [-0.2, -0.15) is 0 Å². The molecular formula is C25H28ClN5O3S. The van der Waals surface area contributed by atoms with Crippen LogP contribution < -0.4 is 15.4 Å². The fourth-order valence-corrected chi connectivity index (χ4v) is 4.31. The van der Waals surface area contributed by atoms with E-state index in [-0.39, 0.29) is 23.5 Å². The lowest BCUT2D eigenvalue weighted by Gasteiger charge is -2.23. The molecular weight excluding hydrogens is 486 g/mol. The average Bonchev–Trinajstić information content (AvgIpc) is 3.24. The van der Waals surface area contributed by atoms with Gasteiger partial charge in [-0.3, -0.25) is 9.59 Å². The molecule has 1 heterocycles. The van der Waals surface area contributed by atoms with E-state index in [0.717, 1.165) is 0 Å². The minimum Gasteiger partial charge on any atom is -0.497 e. The van der Waals surface area contributed by atoms with Crippen LogP contribution in [0.25, 0.3) is 0 Å². The van der Waals surface area contributed by atoms with Crippen LogP contribution in [0.3, 0.4) is 0 Å². The summed E-state index contributed by atoms with van der Waals surface area (Å²) in [6, 6.07) is 13.6. The lowest BCUT2D eigenvalue weighted by atomic mass is 10.0. The second-order valence-corrected chi connectivity index (χ2v) is 9.33. The van der Waals surface area contributed by atoms with Crippen LogP contribution in [-0.2, 0) is 11.3 Å². The Morgan fingerprint density at radius 2 is 1.89 bits per heavy atom. The lowest BCUT2D eigenvalue weighted by Crippen LogP contribution is -2.34. The van der Waals surface area contributed by atoms with Crippen molar-refractivity contribution in [2.45, 2.75) is 31.6 Å². The highest BCUT2D eigenvalue weighted by atomic mass is 35.5. The molecule has 0 bridgehead atoms. The summed E-state index contributed by atoms with van der Waals surface area (Å²) in [6.07, 6.45) is 1.72. The minimum atomic E-state index is -0.423. The molecule has 8 nitrogen and oxygen atoms in total. The number of anilines is 1. The topological polar surface area (TPSA) is 98.1 Å². The number of thioether (sulfide) groups is 1. The summed E-state index contributed by atoms with van der Waals surface area (Å²) < 4.78 is 6.99. The van der Waals surface area contributed by atoms with Crippen molar-refractivity contribution in [3.8, 4) is 5.75 Å². The van der Waals surface area contributed by atoms with Crippen molar-refractivity contribution in [3.05, 3.63) is 77.6 Å². The summed E-state index contributed by atoms with van der Waals surface area (Å²) in [7, 11) is 1.59. The highest BCUT2D eigenvalue weighted by Crippen LogP contribution is 2.27. The zero-order valence-corrected chi connectivity index (χ0v) is 21.4. The van der Waals surface area contributed by atoms with Gasteiger partial charge in [0.2, 0.25) is 5.91 Å². The Hall–Kier alpha value is -3.30. The molecule has 0 radical (unpaired) electrons. The number of rotatable bonds is 11. The predicted octanol–water partition coefficient (Wildman–Crippen LogP) is 4.98. The van der Waals surface area contributed by atoms with Gasteiger partial charge in [-0.25, -0.2) is 0 Å². The maximum absolute atomic E-state index is 12.9. The van der Waals surface area contributed by atoms with E-state index in [4.69, 9.17) is 16.3 Å². The van der Waals surface area contributed by atoms with Crippen molar-refractivity contribution in [3.63, 3.8) is 0 Å². The number of nitrogens with zero attached hydrogens (tertiary/aromatic N) is 3. The van der Waals surface area contributed by atoms with Gasteiger partial charge in [0, 0.05) is 12.2 Å². The number of amides is 2. The van der Waals surface area contributed by atoms with Gasteiger partial charge in [0.05, 0.1) is 29.5 Å². The van der Waals surface area contributed by atoms with E-state index in [1.165, 1.54) is 11.8 Å². The number of benzene rings is 2. The first-order chi connectivity index (χ1) is 16.8. The van der Waals surface area contributed by atoms with Gasteiger partial charge in [-0.15, -0.1) is 16.8 Å². The SMILES string of the molecule is C=CCn1c(SCC(=O)Nc2ccc(OC)cc2)nnc1[C@@H](NC(=O)c1ccccc1Cl)C(C)C. The molecule has 35 heavy (non-hydrogen) atoms. The van der Waals surface area contributed by atoms with Gasteiger partial charge in [-0.1, -0.05) is 55.4 Å². The highest BCUT2D eigenvalue weighted by Gasteiger charge is 2.27. The lowest BCUT2D eigenvalue weighted by molar-refractivity contribution is -0.113. The van der Waals surface area contributed by atoms with E-state index in [2.05, 4.69) is 27.4 Å². The maximum Gasteiger partial charge on any atom is 0.253 e. The number of methoxy groups -OCH3 is 1. The second-order valence-electron chi connectivity index (χ2n) is 7.98. The summed E-state index contributed by atoms with van der Waals surface area (Å²) in [5.74, 6) is 0.977. The predicted molar refractivity (Wildman–Crippen MR) is 139 cm³/mol. The van der Waals surface area contributed by atoms with E-state index >= 15 is 0 Å². The number of carbonyl (C=O) groups is 2. The number of allylic oxidation sites excluding steroid dienone is 1. The third-order valence-corrected chi connectivity index (χ3v) is 6.41. The molecule has 0 aliphatic heterocycles. The van der Waals surface area contributed by atoms with Crippen molar-refractivity contribution in [1.29, 1.82) is 0 Å². The first-order valence-electron chi connectivity index (χ1n) is 11.0. The number of carbonyl (C=O) groups excluding carboxylic acids is 2. The molecule has 0 saturated carbocycles. The van der Waals surface area contributed by atoms with Crippen LogP contribution in [-0.4, -0.2) is 39.4 Å². The fraction of sp³-hybridized carbons (Fsp3) is 0.280. The van der Waals surface area contributed by atoms with E-state index < -0.39 is 6.04 Å². The second kappa shape index (κ2) is 12.4. The molecule has 1 aromatic heterocycles. The Kier molecular flexibility index (Phi) is 9.33. The van der Waals surface area contributed by atoms with Crippen molar-refractivity contribution < 1.29 is 14.3 Å². The molecule has 2 aromatic carbocycles. The van der Waals surface area contributed by atoms with Crippen LogP contribution in [0.1, 0.15) is 36.1 Å². The summed E-state index contributed by atoms with van der Waals surface area (Å²) >= 11 is 7.46. The fourth-order valence-electron chi connectivity index (χ4n) is 3.33. The van der Waals surface area contributed by atoms with Crippen molar-refractivity contribution in [2.24, 2.45) is 5.92 Å². The summed E-state index contributed by atoms with van der Waals surface area (Å²) in [5.41, 5.74) is 1.06. The Morgan fingerprint density at radius 3 is 2.51 bits per heavy atom. The van der Waals surface area contributed by atoms with Crippen LogP contribution in [0.15, 0.2) is 66.3 Å². The Labute approximate surface area is 214 Å².